The second kappa shape index (κ2) is 6.08. The van der Waals surface area contributed by atoms with Gasteiger partial charge in [0.15, 0.2) is 0 Å². The van der Waals surface area contributed by atoms with Crippen molar-refractivity contribution in [3.05, 3.63) is 6.42 Å². The molecule has 1 atom stereocenters. The molecule has 1 aliphatic carbocycles. The van der Waals surface area contributed by atoms with E-state index in [1.807, 2.05) is 0 Å². The predicted octanol–water partition coefficient (Wildman–Crippen LogP) is 0.192. The molecule has 1 saturated carbocycles. The monoisotopic (exact) mass is 214 g/mol. The lowest BCUT2D eigenvalue weighted by molar-refractivity contribution is -0.136. The Hall–Kier alpha value is -0.610. The maximum Gasteiger partial charge on any atom is 0.225 e. The summed E-state index contributed by atoms with van der Waals surface area (Å²) in [5.41, 5.74) is 0. The van der Waals surface area contributed by atoms with Gasteiger partial charge in [-0.1, -0.05) is 0 Å². The molecular weight excluding hydrogens is 194 g/mol. The molecule has 1 unspecified atom stereocenters. The van der Waals surface area contributed by atoms with E-state index in [1.165, 1.54) is 4.90 Å². The van der Waals surface area contributed by atoms with E-state index in [2.05, 4.69) is 6.42 Å². The third-order valence-electron chi connectivity index (χ3n) is 2.86. The smallest absolute Gasteiger partial charge is 0.225 e. The molecule has 1 amide bonds. The fourth-order valence-corrected chi connectivity index (χ4v) is 1.95. The second-order valence-corrected chi connectivity index (χ2v) is 4.20. The van der Waals surface area contributed by atoms with E-state index in [-0.39, 0.29) is 25.0 Å². The molecule has 15 heavy (non-hydrogen) atoms. The van der Waals surface area contributed by atoms with Crippen molar-refractivity contribution in [2.75, 3.05) is 20.2 Å². The number of hydrogen-bond acceptors (Lipinski definition) is 3. The van der Waals surface area contributed by atoms with Crippen molar-refractivity contribution in [3.63, 3.8) is 0 Å². The average Bonchev–Trinajstić information content (AvgIpc) is 2.29. The van der Waals surface area contributed by atoms with E-state index in [9.17, 15) is 9.90 Å². The van der Waals surface area contributed by atoms with Gasteiger partial charge in [0.2, 0.25) is 5.91 Å². The summed E-state index contributed by atoms with van der Waals surface area (Å²) >= 11 is 0. The SMILES string of the molecule is CN(CC(O)CO)C(=O)C1CC[CH]CC1. The van der Waals surface area contributed by atoms with Crippen molar-refractivity contribution in [3.8, 4) is 0 Å². The van der Waals surface area contributed by atoms with Gasteiger partial charge in [-0.3, -0.25) is 4.79 Å². The normalized spacial score (nSPS) is 19.9. The number of hydrogen-bond donors (Lipinski definition) is 2. The third kappa shape index (κ3) is 3.80. The molecule has 1 rings (SSSR count). The van der Waals surface area contributed by atoms with Crippen LogP contribution in [-0.4, -0.2) is 47.3 Å². The molecule has 0 aromatic rings. The van der Waals surface area contributed by atoms with Crippen LogP contribution >= 0.6 is 0 Å². The predicted molar refractivity (Wildman–Crippen MR) is 57.0 cm³/mol. The summed E-state index contributed by atoms with van der Waals surface area (Å²) in [7, 11) is 1.68. The lowest BCUT2D eigenvalue weighted by Gasteiger charge is -2.27. The first-order valence-corrected chi connectivity index (χ1v) is 5.50. The molecule has 0 aromatic heterocycles. The van der Waals surface area contributed by atoms with Crippen molar-refractivity contribution < 1.29 is 15.0 Å². The number of carbonyl (C=O) groups is 1. The Balaban J connectivity index is 2.37. The van der Waals surface area contributed by atoms with Gasteiger partial charge in [0.05, 0.1) is 12.7 Å². The quantitative estimate of drug-likeness (QED) is 0.702. The van der Waals surface area contributed by atoms with Gasteiger partial charge in [0.1, 0.15) is 0 Å². The molecule has 2 N–H and O–H groups in total. The first-order valence-electron chi connectivity index (χ1n) is 5.50. The van der Waals surface area contributed by atoms with Crippen LogP contribution in [0.15, 0.2) is 0 Å². The number of likely N-dealkylation sites (N-methyl/N-ethyl adjacent to an activating group) is 1. The second-order valence-electron chi connectivity index (χ2n) is 4.20. The van der Waals surface area contributed by atoms with Crippen LogP contribution in [0, 0.1) is 12.3 Å². The molecule has 1 fully saturated rings. The number of aliphatic hydroxyl groups is 2. The first-order chi connectivity index (χ1) is 7.15. The Labute approximate surface area is 90.9 Å². The van der Waals surface area contributed by atoms with Crippen LogP contribution in [0.25, 0.3) is 0 Å². The molecule has 0 bridgehead atoms. The summed E-state index contributed by atoms with van der Waals surface area (Å²) in [6, 6.07) is 0. The zero-order valence-corrected chi connectivity index (χ0v) is 9.22. The Morgan fingerprint density at radius 3 is 2.67 bits per heavy atom. The highest BCUT2D eigenvalue weighted by Gasteiger charge is 2.24. The third-order valence-corrected chi connectivity index (χ3v) is 2.86. The molecule has 1 radical (unpaired) electrons. The summed E-state index contributed by atoms with van der Waals surface area (Å²) in [5, 5.41) is 17.9. The highest BCUT2D eigenvalue weighted by Crippen LogP contribution is 2.24. The Morgan fingerprint density at radius 2 is 2.13 bits per heavy atom. The fraction of sp³-hybridized carbons (Fsp3) is 0.818. The van der Waals surface area contributed by atoms with Crippen molar-refractivity contribution in [2.24, 2.45) is 5.92 Å². The van der Waals surface area contributed by atoms with Crippen molar-refractivity contribution in [1.29, 1.82) is 0 Å². The average molecular weight is 214 g/mol. The van der Waals surface area contributed by atoms with Crippen molar-refractivity contribution in [1.82, 2.24) is 4.90 Å². The highest BCUT2D eigenvalue weighted by atomic mass is 16.3. The molecule has 87 valence electrons. The lowest BCUT2D eigenvalue weighted by Crippen LogP contribution is -2.39. The van der Waals surface area contributed by atoms with Gasteiger partial charge in [-0.15, -0.1) is 0 Å². The van der Waals surface area contributed by atoms with Gasteiger partial charge in [0.25, 0.3) is 0 Å². The number of nitrogens with zero attached hydrogens (tertiary/aromatic N) is 1. The van der Waals surface area contributed by atoms with Gasteiger partial charge >= 0.3 is 0 Å². The summed E-state index contributed by atoms with van der Waals surface area (Å²) in [4.78, 5) is 13.4. The molecule has 0 heterocycles. The Morgan fingerprint density at radius 1 is 1.53 bits per heavy atom. The van der Waals surface area contributed by atoms with Crippen LogP contribution in [0.4, 0.5) is 0 Å². The van der Waals surface area contributed by atoms with Crippen LogP contribution in [0.2, 0.25) is 0 Å². The lowest BCUT2D eigenvalue weighted by atomic mass is 9.88. The maximum atomic E-state index is 11.9. The minimum atomic E-state index is -0.825. The minimum absolute atomic E-state index is 0.0931. The molecule has 4 heteroatoms. The number of aliphatic hydroxyl groups excluding tert-OH is 2. The standard InChI is InChI=1S/C11H20NO3/c1-12(7-10(14)8-13)11(15)9-5-3-2-4-6-9/h2,9-10,13-14H,3-8H2,1H3. The first kappa shape index (κ1) is 12.5. The van der Waals surface area contributed by atoms with Gasteiger partial charge < -0.3 is 15.1 Å². The van der Waals surface area contributed by atoms with Gasteiger partial charge in [0, 0.05) is 19.5 Å². The van der Waals surface area contributed by atoms with E-state index < -0.39 is 6.10 Å². The van der Waals surface area contributed by atoms with E-state index in [0.29, 0.717) is 0 Å². The molecule has 4 nitrogen and oxygen atoms in total. The Kier molecular flexibility index (Phi) is 5.05. The largest absolute Gasteiger partial charge is 0.394 e. The highest BCUT2D eigenvalue weighted by molar-refractivity contribution is 5.78. The summed E-state index contributed by atoms with van der Waals surface area (Å²) in [6.07, 6.45) is 5.23. The van der Waals surface area contributed by atoms with E-state index >= 15 is 0 Å². The van der Waals surface area contributed by atoms with E-state index in [4.69, 9.17) is 5.11 Å². The minimum Gasteiger partial charge on any atom is -0.394 e. The van der Waals surface area contributed by atoms with Gasteiger partial charge in [-0.25, -0.2) is 0 Å². The van der Waals surface area contributed by atoms with Crippen LogP contribution < -0.4 is 0 Å². The van der Waals surface area contributed by atoms with Gasteiger partial charge in [-0.2, -0.15) is 0 Å². The zero-order chi connectivity index (χ0) is 11.3. The number of rotatable bonds is 4. The molecular formula is C11H20NO3. The summed E-state index contributed by atoms with van der Waals surface area (Å²) in [5.74, 6) is 0.196. The summed E-state index contributed by atoms with van der Waals surface area (Å²) in [6.45, 7) is -0.0778. The maximum absolute atomic E-state index is 11.9. The number of amides is 1. The van der Waals surface area contributed by atoms with Crippen LogP contribution in [0.1, 0.15) is 25.7 Å². The van der Waals surface area contributed by atoms with E-state index in [0.717, 1.165) is 25.7 Å². The van der Waals surface area contributed by atoms with E-state index in [1.54, 1.807) is 7.05 Å². The number of carbonyl (C=O) groups excluding carboxylic acids is 1. The van der Waals surface area contributed by atoms with Crippen LogP contribution in [-0.2, 0) is 4.79 Å². The topological polar surface area (TPSA) is 60.8 Å². The molecule has 0 spiro atoms. The molecule has 0 aromatic carbocycles. The van der Waals surface area contributed by atoms with Gasteiger partial charge in [-0.05, 0) is 32.1 Å². The zero-order valence-electron chi connectivity index (χ0n) is 9.22. The van der Waals surface area contributed by atoms with Crippen LogP contribution in [0.5, 0.6) is 0 Å². The molecule has 0 saturated heterocycles. The van der Waals surface area contributed by atoms with Crippen molar-refractivity contribution in [2.45, 2.75) is 31.8 Å². The molecule has 0 aliphatic heterocycles. The Bertz CT molecular complexity index is 202. The van der Waals surface area contributed by atoms with Crippen LogP contribution in [0.3, 0.4) is 0 Å². The fourth-order valence-electron chi connectivity index (χ4n) is 1.95. The van der Waals surface area contributed by atoms with Crippen molar-refractivity contribution >= 4 is 5.91 Å². The molecule has 1 aliphatic rings. The summed E-state index contributed by atoms with van der Waals surface area (Å²) < 4.78 is 0.